The monoisotopic (exact) mass is 112 g/mol. The summed E-state index contributed by atoms with van der Waals surface area (Å²) in [5, 5.41) is 6.91. The van der Waals surface area contributed by atoms with E-state index in [0.29, 0.717) is 0 Å². The summed E-state index contributed by atoms with van der Waals surface area (Å²) in [7, 11) is 0. The SMILES string of the molecule is C1C[C@H]2CN[C@H]1CN2. The minimum atomic E-state index is 0.792. The van der Waals surface area contributed by atoms with Crippen molar-refractivity contribution < 1.29 is 0 Å². The third-order valence-electron chi connectivity index (χ3n) is 2.17. The van der Waals surface area contributed by atoms with Crippen LogP contribution in [0.3, 0.4) is 0 Å². The van der Waals surface area contributed by atoms with Crippen molar-refractivity contribution in [3.8, 4) is 0 Å². The van der Waals surface area contributed by atoms with Crippen LogP contribution in [0.2, 0.25) is 0 Å². The van der Waals surface area contributed by atoms with Gasteiger partial charge in [0.05, 0.1) is 0 Å². The number of piperazine rings is 1. The Morgan fingerprint density at radius 1 is 0.875 bits per heavy atom. The molecular weight excluding hydrogens is 100 g/mol. The smallest absolute Gasteiger partial charge is 0.0193 e. The van der Waals surface area contributed by atoms with Crippen molar-refractivity contribution in [3.63, 3.8) is 0 Å². The first-order valence-electron chi connectivity index (χ1n) is 3.42. The van der Waals surface area contributed by atoms with Gasteiger partial charge in [-0.2, -0.15) is 0 Å². The molecule has 2 heteroatoms. The van der Waals surface area contributed by atoms with Gasteiger partial charge in [0.25, 0.3) is 0 Å². The van der Waals surface area contributed by atoms with Crippen molar-refractivity contribution in [2.75, 3.05) is 13.1 Å². The maximum absolute atomic E-state index is 3.46. The number of hydrogen-bond donors (Lipinski definition) is 2. The predicted molar refractivity (Wildman–Crippen MR) is 32.8 cm³/mol. The van der Waals surface area contributed by atoms with Gasteiger partial charge < -0.3 is 10.6 Å². The number of hydrogen-bond acceptors (Lipinski definition) is 2. The zero-order valence-corrected chi connectivity index (χ0v) is 4.98. The Labute approximate surface area is 49.7 Å². The van der Waals surface area contributed by atoms with Gasteiger partial charge in [-0.3, -0.25) is 0 Å². The van der Waals surface area contributed by atoms with E-state index in [0.717, 1.165) is 12.1 Å². The van der Waals surface area contributed by atoms with Crippen LogP contribution in [0, 0.1) is 0 Å². The van der Waals surface area contributed by atoms with E-state index in [2.05, 4.69) is 10.6 Å². The topological polar surface area (TPSA) is 24.1 Å². The first kappa shape index (κ1) is 4.77. The Hall–Kier alpha value is -0.0800. The van der Waals surface area contributed by atoms with E-state index in [1.165, 1.54) is 25.9 Å². The van der Waals surface area contributed by atoms with Gasteiger partial charge in [-0.15, -0.1) is 0 Å². The van der Waals surface area contributed by atoms with E-state index < -0.39 is 0 Å². The third-order valence-corrected chi connectivity index (χ3v) is 2.17. The first-order valence-corrected chi connectivity index (χ1v) is 3.42. The molecule has 0 aromatic heterocycles. The van der Waals surface area contributed by atoms with Crippen molar-refractivity contribution in [2.24, 2.45) is 0 Å². The maximum atomic E-state index is 3.46. The average molecular weight is 112 g/mol. The van der Waals surface area contributed by atoms with Gasteiger partial charge in [-0.1, -0.05) is 0 Å². The maximum Gasteiger partial charge on any atom is 0.0193 e. The fourth-order valence-electron chi connectivity index (χ4n) is 1.57. The van der Waals surface area contributed by atoms with Crippen molar-refractivity contribution >= 4 is 0 Å². The summed E-state index contributed by atoms with van der Waals surface area (Å²) in [6.45, 7) is 2.40. The molecule has 3 rings (SSSR count). The molecule has 3 saturated heterocycles. The highest BCUT2D eigenvalue weighted by atomic mass is 15.1. The summed E-state index contributed by atoms with van der Waals surface area (Å²) in [5.74, 6) is 0. The minimum Gasteiger partial charge on any atom is -0.311 e. The molecule has 0 amide bonds. The zero-order valence-electron chi connectivity index (χ0n) is 4.98. The number of rotatable bonds is 0. The van der Waals surface area contributed by atoms with Crippen LogP contribution in [0.5, 0.6) is 0 Å². The van der Waals surface area contributed by atoms with Crippen LogP contribution in [-0.2, 0) is 0 Å². The third kappa shape index (κ3) is 0.644. The van der Waals surface area contributed by atoms with E-state index in [-0.39, 0.29) is 0 Å². The standard InChI is InChI=1S/C6H12N2/c1-2-6-4-7-5(1)3-8-6/h5-8H,1-4H2/t5-,6+. The Bertz CT molecular complexity index is 61.5. The van der Waals surface area contributed by atoms with Crippen LogP contribution < -0.4 is 10.6 Å². The van der Waals surface area contributed by atoms with Crippen LogP contribution in [0.4, 0.5) is 0 Å². The lowest BCUT2D eigenvalue weighted by Crippen LogP contribution is -2.58. The molecule has 0 aromatic rings. The average Bonchev–Trinajstić information content (AvgIpc) is 1.92. The summed E-state index contributed by atoms with van der Waals surface area (Å²) in [4.78, 5) is 0. The highest BCUT2D eigenvalue weighted by Crippen LogP contribution is 2.12. The summed E-state index contributed by atoms with van der Waals surface area (Å²) in [5.41, 5.74) is 0. The first-order chi connectivity index (χ1) is 3.95. The predicted octanol–water partition coefficient (Wildman–Crippen LogP) is -0.290. The highest BCUT2D eigenvalue weighted by Gasteiger charge is 2.25. The van der Waals surface area contributed by atoms with Crippen molar-refractivity contribution in [1.29, 1.82) is 0 Å². The van der Waals surface area contributed by atoms with Gasteiger partial charge in [0.1, 0.15) is 0 Å². The number of piperidine rings is 2. The van der Waals surface area contributed by atoms with Crippen LogP contribution >= 0.6 is 0 Å². The summed E-state index contributed by atoms with van der Waals surface area (Å²) >= 11 is 0. The van der Waals surface area contributed by atoms with Crippen LogP contribution in [0.15, 0.2) is 0 Å². The van der Waals surface area contributed by atoms with Crippen LogP contribution in [-0.4, -0.2) is 25.2 Å². The molecule has 2 atom stereocenters. The van der Waals surface area contributed by atoms with Gasteiger partial charge in [-0.05, 0) is 12.8 Å². The second-order valence-electron chi connectivity index (χ2n) is 2.79. The van der Waals surface area contributed by atoms with Crippen molar-refractivity contribution in [1.82, 2.24) is 10.6 Å². The number of nitrogens with one attached hydrogen (secondary N) is 2. The Balaban J connectivity index is 2.03. The molecule has 0 aliphatic carbocycles. The molecule has 2 nitrogen and oxygen atoms in total. The second kappa shape index (κ2) is 1.71. The van der Waals surface area contributed by atoms with E-state index in [1.54, 1.807) is 0 Å². The molecule has 3 aliphatic rings. The van der Waals surface area contributed by atoms with Gasteiger partial charge in [0.15, 0.2) is 0 Å². The normalized spacial score (nSPS) is 45.0. The molecule has 0 spiro atoms. The summed E-state index contributed by atoms with van der Waals surface area (Å²) < 4.78 is 0. The summed E-state index contributed by atoms with van der Waals surface area (Å²) in [6, 6.07) is 1.58. The van der Waals surface area contributed by atoms with Crippen LogP contribution in [0.1, 0.15) is 12.8 Å². The molecule has 2 bridgehead atoms. The lowest BCUT2D eigenvalue weighted by Gasteiger charge is -2.37. The molecular formula is C6H12N2. The lowest BCUT2D eigenvalue weighted by molar-refractivity contribution is 0.251. The van der Waals surface area contributed by atoms with Gasteiger partial charge in [-0.25, -0.2) is 0 Å². The number of fused-ring (bicyclic) bond motifs is 3. The molecule has 3 aliphatic heterocycles. The van der Waals surface area contributed by atoms with E-state index >= 15 is 0 Å². The fourth-order valence-corrected chi connectivity index (χ4v) is 1.57. The summed E-state index contributed by atoms with van der Waals surface area (Å²) in [6.07, 6.45) is 2.77. The molecule has 3 heterocycles. The van der Waals surface area contributed by atoms with E-state index in [9.17, 15) is 0 Å². The Kier molecular flexibility index (Phi) is 1.02. The zero-order chi connectivity index (χ0) is 5.40. The van der Waals surface area contributed by atoms with Gasteiger partial charge in [0.2, 0.25) is 0 Å². The molecule has 2 N–H and O–H groups in total. The Morgan fingerprint density at radius 3 is 1.50 bits per heavy atom. The lowest BCUT2D eigenvalue weighted by atomic mass is 9.96. The highest BCUT2D eigenvalue weighted by molar-refractivity contribution is 4.89. The van der Waals surface area contributed by atoms with Crippen LogP contribution in [0.25, 0.3) is 0 Å². The largest absolute Gasteiger partial charge is 0.311 e. The quantitative estimate of drug-likeness (QED) is 0.450. The van der Waals surface area contributed by atoms with Gasteiger partial charge >= 0.3 is 0 Å². The molecule has 0 unspecified atom stereocenters. The molecule has 3 fully saturated rings. The van der Waals surface area contributed by atoms with E-state index in [1.807, 2.05) is 0 Å². The van der Waals surface area contributed by atoms with E-state index in [4.69, 9.17) is 0 Å². The fraction of sp³-hybridized carbons (Fsp3) is 1.00. The second-order valence-corrected chi connectivity index (χ2v) is 2.79. The molecule has 0 aromatic carbocycles. The molecule has 46 valence electrons. The Morgan fingerprint density at radius 2 is 1.38 bits per heavy atom. The van der Waals surface area contributed by atoms with Crippen molar-refractivity contribution in [3.05, 3.63) is 0 Å². The molecule has 0 radical (unpaired) electrons. The van der Waals surface area contributed by atoms with Crippen molar-refractivity contribution in [2.45, 2.75) is 24.9 Å². The minimum absolute atomic E-state index is 0.792. The van der Waals surface area contributed by atoms with Gasteiger partial charge in [0, 0.05) is 25.2 Å². The molecule has 0 saturated carbocycles. The molecule has 8 heavy (non-hydrogen) atoms.